The molecule has 2 N–H and O–H groups in total. The third kappa shape index (κ3) is 2.68. The van der Waals surface area contributed by atoms with Crippen LogP contribution in [0.15, 0.2) is 40.9 Å². The lowest BCUT2D eigenvalue weighted by molar-refractivity contribution is 0.485. The van der Waals surface area contributed by atoms with Crippen molar-refractivity contribution in [1.29, 1.82) is 0 Å². The number of para-hydroxylation sites is 1. The van der Waals surface area contributed by atoms with Crippen molar-refractivity contribution in [2.24, 2.45) is 0 Å². The van der Waals surface area contributed by atoms with Crippen LogP contribution in [-0.2, 0) is 0 Å². The second kappa shape index (κ2) is 5.17. The Morgan fingerprint density at radius 3 is 2.41 bits per heavy atom. The minimum atomic E-state index is 0.397. The maximum atomic E-state index is 6.03. The van der Waals surface area contributed by atoms with Crippen LogP contribution in [0.3, 0.4) is 0 Å². The Bertz CT molecular complexity index is 560. The first-order valence-electron chi connectivity index (χ1n) is 4.75. The number of hydrogen-bond acceptors (Lipinski definition) is 2. The summed E-state index contributed by atoms with van der Waals surface area (Å²) in [5, 5.41) is 0.938. The molecule has 2 aromatic carbocycles. The molecule has 0 heterocycles. The molecule has 0 aliphatic carbocycles. The van der Waals surface area contributed by atoms with Gasteiger partial charge in [-0.25, -0.2) is 0 Å². The van der Waals surface area contributed by atoms with Crippen LogP contribution >= 0.6 is 39.1 Å². The van der Waals surface area contributed by atoms with Gasteiger partial charge in [0.2, 0.25) is 0 Å². The topological polar surface area (TPSA) is 35.2 Å². The lowest BCUT2D eigenvalue weighted by atomic mass is 10.3. The largest absolute Gasteiger partial charge is 0.452 e. The fraction of sp³-hybridized carbons (Fsp3) is 0. The van der Waals surface area contributed by atoms with Crippen molar-refractivity contribution in [3.63, 3.8) is 0 Å². The van der Waals surface area contributed by atoms with Crippen molar-refractivity contribution in [2.45, 2.75) is 0 Å². The minimum Gasteiger partial charge on any atom is -0.452 e. The van der Waals surface area contributed by atoms with Crippen molar-refractivity contribution in [2.75, 3.05) is 5.73 Å². The normalized spacial score (nSPS) is 10.3. The molecule has 0 atom stereocenters. The molecule has 0 spiro atoms. The van der Waals surface area contributed by atoms with Crippen LogP contribution in [-0.4, -0.2) is 0 Å². The van der Waals surface area contributed by atoms with E-state index >= 15 is 0 Å². The van der Waals surface area contributed by atoms with E-state index in [9.17, 15) is 0 Å². The number of anilines is 1. The van der Waals surface area contributed by atoms with E-state index in [-0.39, 0.29) is 0 Å². The van der Waals surface area contributed by atoms with Gasteiger partial charge in [-0.2, -0.15) is 0 Å². The lowest BCUT2D eigenvalue weighted by Gasteiger charge is -2.12. The van der Waals surface area contributed by atoms with Crippen LogP contribution in [0.25, 0.3) is 0 Å². The number of rotatable bonds is 2. The van der Waals surface area contributed by atoms with E-state index in [1.165, 1.54) is 0 Å². The molecule has 0 saturated heterocycles. The van der Waals surface area contributed by atoms with Crippen molar-refractivity contribution < 1.29 is 4.74 Å². The smallest absolute Gasteiger partial charge is 0.170 e. The van der Waals surface area contributed by atoms with Crippen LogP contribution in [0.4, 0.5) is 5.69 Å². The SMILES string of the molecule is Nc1c(Br)ccc(Cl)c1Oc1ccccc1Cl. The average Bonchev–Trinajstić information content (AvgIpc) is 2.32. The van der Waals surface area contributed by atoms with Gasteiger partial charge in [0.05, 0.1) is 15.7 Å². The van der Waals surface area contributed by atoms with Gasteiger partial charge in [0, 0.05) is 4.47 Å². The highest BCUT2D eigenvalue weighted by molar-refractivity contribution is 9.10. The minimum absolute atomic E-state index is 0.397. The third-order valence-electron chi connectivity index (χ3n) is 2.14. The monoisotopic (exact) mass is 331 g/mol. The number of nitrogens with two attached hydrogens (primary N) is 1. The molecule has 0 aliphatic heterocycles. The van der Waals surface area contributed by atoms with E-state index in [0.717, 1.165) is 4.47 Å². The molecule has 2 rings (SSSR count). The van der Waals surface area contributed by atoms with Gasteiger partial charge in [-0.1, -0.05) is 35.3 Å². The first kappa shape index (κ1) is 12.6. The average molecular weight is 333 g/mol. The summed E-state index contributed by atoms with van der Waals surface area (Å²) >= 11 is 15.3. The Labute approximate surface area is 117 Å². The summed E-state index contributed by atoms with van der Waals surface area (Å²) in [6.07, 6.45) is 0. The zero-order valence-corrected chi connectivity index (χ0v) is 11.7. The molecular weight excluding hydrogens is 325 g/mol. The summed E-state index contributed by atoms with van der Waals surface area (Å²) in [5.41, 5.74) is 6.32. The van der Waals surface area contributed by atoms with Gasteiger partial charge < -0.3 is 10.5 Å². The molecule has 2 aromatic rings. The summed E-state index contributed by atoms with van der Waals surface area (Å²) in [7, 11) is 0. The number of ether oxygens (including phenoxy) is 1. The van der Waals surface area contributed by atoms with E-state index < -0.39 is 0 Å². The van der Waals surface area contributed by atoms with Crippen LogP contribution in [0.2, 0.25) is 10.0 Å². The Hall–Kier alpha value is -0.900. The molecule has 0 bridgehead atoms. The van der Waals surface area contributed by atoms with E-state index in [4.69, 9.17) is 33.7 Å². The molecule has 5 heteroatoms. The summed E-state index contributed by atoms with van der Waals surface area (Å²) in [6.45, 7) is 0. The number of benzene rings is 2. The molecule has 2 nitrogen and oxygen atoms in total. The first-order chi connectivity index (χ1) is 8.09. The summed E-state index contributed by atoms with van der Waals surface area (Å²) in [4.78, 5) is 0. The van der Waals surface area contributed by atoms with E-state index in [2.05, 4.69) is 15.9 Å². The lowest BCUT2D eigenvalue weighted by Crippen LogP contribution is -1.94. The first-order valence-corrected chi connectivity index (χ1v) is 6.30. The summed E-state index contributed by atoms with van der Waals surface area (Å²) < 4.78 is 6.36. The van der Waals surface area contributed by atoms with E-state index in [1.807, 2.05) is 12.1 Å². The predicted molar refractivity (Wildman–Crippen MR) is 75.1 cm³/mol. The van der Waals surface area contributed by atoms with Crippen LogP contribution in [0, 0.1) is 0 Å². The second-order valence-electron chi connectivity index (χ2n) is 3.30. The Morgan fingerprint density at radius 1 is 1.00 bits per heavy atom. The van der Waals surface area contributed by atoms with Crippen LogP contribution in [0.1, 0.15) is 0 Å². The fourth-order valence-electron chi connectivity index (χ4n) is 1.29. The highest BCUT2D eigenvalue weighted by Gasteiger charge is 2.12. The third-order valence-corrected chi connectivity index (χ3v) is 3.44. The van der Waals surface area contributed by atoms with Gasteiger partial charge in [0.15, 0.2) is 5.75 Å². The maximum Gasteiger partial charge on any atom is 0.170 e. The molecular formula is C12H8BrCl2NO. The highest BCUT2D eigenvalue weighted by atomic mass is 79.9. The fourth-order valence-corrected chi connectivity index (χ4v) is 1.98. The molecule has 0 fully saturated rings. The van der Waals surface area contributed by atoms with Crippen LogP contribution in [0.5, 0.6) is 11.5 Å². The Balaban J connectivity index is 2.43. The predicted octanol–water partition coefficient (Wildman–Crippen LogP) is 5.13. The molecule has 88 valence electrons. The molecule has 0 aromatic heterocycles. The van der Waals surface area contributed by atoms with Gasteiger partial charge >= 0.3 is 0 Å². The Morgan fingerprint density at radius 2 is 1.71 bits per heavy atom. The highest BCUT2D eigenvalue weighted by Crippen LogP contribution is 2.40. The van der Waals surface area contributed by atoms with Crippen molar-refractivity contribution in [1.82, 2.24) is 0 Å². The molecule has 0 amide bonds. The molecule has 0 unspecified atom stereocenters. The zero-order chi connectivity index (χ0) is 12.4. The number of nitrogen functional groups attached to an aromatic ring is 1. The van der Waals surface area contributed by atoms with Gasteiger partial charge in [-0.15, -0.1) is 0 Å². The molecule has 17 heavy (non-hydrogen) atoms. The zero-order valence-electron chi connectivity index (χ0n) is 8.58. The van der Waals surface area contributed by atoms with Gasteiger partial charge in [0.1, 0.15) is 5.75 Å². The standard InChI is InChI=1S/C12H8BrCl2NO/c13-7-5-6-9(15)12(11(7)16)17-10-4-2-1-3-8(10)14/h1-6H,16H2. The Kier molecular flexibility index (Phi) is 3.82. The quantitative estimate of drug-likeness (QED) is 0.773. The van der Waals surface area contributed by atoms with Crippen molar-refractivity contribution in [3.05, 3.63) is 50.9 Å². The number of hydrogen-bond donors (Lipinski definition) is 1. The van der Waals surface area contributed by atoms with Crippen LogP contribution < -0.4 is 10.5 Å². The van der Waals surface area contributed by atoms with Gasteiger partial charge in [-0.05, 0) is 40.2 Å². The number of halogens is 3. The van der Waals surface area contributed by atoms with Crippen molar-refractivity contribution >= 4 is 44.8 Å². The summed E-state index contributed by atoms with van der Waals surface area (Å²) in [6, 6.07) is 10.6. The van der Waals surface area contributed by atoms with Gasteiger partial charge in [-0.3, -0.25) is 0 Å². The van der Waals surface area contributed by atoms with Crippen molar-refractivity contribution in [3.8, 4) is 11.5 Å². The molecule has 0 saturated carbocycles. The molecule has 0 aliphatic rings. The second-order valence-corrected chi connectivity index (χ2v) is 4.97. The van der Waals surface area contributed by atoms with Gasteiger partial charge in [0.25, 0.3) is 0 Å². The molecule has 0 radical (unpaired) electrons. The van der Waals surface area contributed by atoms with E-state index in [1.54, 1.807) is 24.3 Å². The summed E-state index contributed by atoms with van der Waals surface area (Å²) in [5.74, 6) is 0.912. The van der Waals surface area contributed by atoms with E-state index in [0.29, 0.717) is 27.2 Å². The maximum absolute atomic E-state index is 6.03.